The van der Waals surface area contributed by atoms with Crippen molar-refractivity contribution in [1.29, 1.82) is 0 Å². The summed E-state index contributed by atoms with van der Waals surface area (Å²) >= 11 is 3.50. The first-order valence-corrected chi connectivity index (χ1v) is 10.8. The van der Waals surface area contributed by atoms with Gasteiger partial charge in [-0.15, -0.1) is 23.1 Å². The van der Waals surface area contributed by atoms with E-state index in [9.17, 15) is 4.79 Å². The third-order valence-corrected chi connectivity index (χ3v) is 7.20. The molecule has 132 valence electrons. The predicted octanol–water partition coefficient (Wildman–Crippen LogP) is 3.28. The second kappa shape index (κ2) is 7.89. The van der Waals surface area contributed by atoms with Crippen molar-refractivity contribution in [3.63, 3.8) is 0 Å². The molecule has 1 fully saturated rings. The SMILES string of the molecule is O=C(CSc1ccncc1)N1CCC(N2CCc3sccc3C2)CC1. The van der Waals surface area contributed by atoms with Crippen LogP contribution in [-0.4, -0.2) is 52.1 Å². The normalized spacial score (nSPS) is 19.0. The van der Waals surface area contributed by atoms with Crippen LogP contribution in [0.4, 0.5) is 0 Å². The number of hydrogen-bond donors (Lipinski definition) is 0. The zero-order valence-corrected chi connectivity index (χ0v) is 15.9. The van der Waals surface area contributed by atoms with Gasteiger partial charge in [-0.1, -0.05) is 0 Å². The van der Waals surface area contributed by atoms with Crippen LogP contribution >= 0.6 is 23.1 Å². The smallest absolute Gasteiger partial charge is 0.232 e. The Balaban J connectivity index is 1.25. The topological polar surface area (TPSA) is 36.4 Å². The lowest BCUT2D eigenvalue weighted by Crippen LogP contribution is -2.48. The van der Waals surface area contributed by atoms with Crippen molar-refractivity contribution in [2.75, 3.05) is 25.4 Å². The zero-order chi connectivity index (χ0) is 17.1. The van der Waals surface area contributed by atoms with Gasteiger partial charge in [-0.3, -0.25) is 14.7 Å². The number of amides is 1. The van der Waals surface area contributed by atoms with E-state index in [0.29, 0.717) is 11.8 Å². The maximum atomic E-state index is 12.5. The zero-order valence-electron chi connectivity index (χ0n) is 14.3. The molecule has 0 N–H and O–H groups in total. The number of rotatable bonds is 4. The Bertz CT molecular complexity index is 710. The first-order chi connectivity index (χ1) is 12.3. The maximum absolute atomic E-state index is 12.5. The number of aromatic nitrogens is 1. The van der Waals surface area contributed by atoms with E-state index in [1.807, 2.05) is 28.4 Å². The van der Waals surface area contributed by atoms with E-state index in [4.69, 9.17) is 0 Å². The van der Waals surface area contributed by atoms with Crippen LogP contribution in [0.2, 0.25) is 0 Å². The lowest BCUT2D eigenvalue weighted by atomic mass is 9.99. The van der Waals surface area contributed by atoms with Gasteiger partial charge in [-0.2, -0.15) is 0 Å². The third-order valence-electron chi connectivity index (χ3n) is 5.18. The number of piperidine rings is 1. The molecule has 0 bridgehead atoms. The van der Waals surface area contributed by atoms with Crippen molar-refractivity contribution in [2.45, 2.75) is 36.7 Å². The summed E-state index contributed by atoms with van der Waals surface area (Å²) in [4.78, 5) is 23.8. The first-order valence-electron chi connectivity index (χ1n) is 8.89. The quantitative estimate of drug-likeness (QED) is 0.771. The summed E-state index contributed by atoms with van der Waals surface area (Å²) in [5.74, 6) is 0.787. The minimum Gasteiger partial charge on any atom is -0.342 e. The summed E-state index contributed by atoms with van der Waals surface area (Å²) < 4.78 is 0. The summed E-state index contributed by atoms with van der Waals surface area (Å²) in [6, 6.07) is 6.82. The highest BCUT2D eigenvalue weighted by Crippen LogP contribution is 2.28. The van der Waals surface area contributed by atoms with Gasteiger partial charge < -0.3 is 4.90 Å². The van der Waals surface area contributed by atoms with Crippen molar-refractivity contribution in [2.24, 2.45) is 0 Å². The molecule has 1 saturated heterocycles. The standard InChI is InChI=1S/C19H23N3OS2/c23-19(14-25-17-1-7-20-8-2-17)21-9-3-16(4-10-21)22-11-5-18-15(13-22)6-12-24-18/h1-2,6-8,12,16H,3-5,9-11,13-14H2. The predicted molar refractivity (Wildman–Crippen MR) is 103 cm³/mol. The van der Waals surface area contributed by atoms with Crippen LogP contribution in [0.15, 0.2) is 40.9 Å². The number of likely N-dealkylation sites (tertiary alicyclic amines) is 1. The van der Waals surface area contributed by atoms with Crippen molar-refractivity contribution in [3.05, 3.63) is 46.4 Å². The first kappa shape index (κ1) is 17.1. The van der Waals surface area contributed by atoms with Gasteiger partial charge in [0.15, 0.2) is 0 Å². The Morgan fingerprint density at radius 3 is 2.80 bits per heavy atom. The molecule has 2 aliphatic heterocycles. The van der Waals surface area contributed by atoms with Crippen LogP contribution in [0.25, 0.3) is 0 Å². The average molecular weight is 374 g/mol. The fraction of sp³-hybridized carbons (Fsp3) is 0.474. The number of fused-ring (bicyclic) bond motifs is 1. The van der Waals surface area contributed by atoms with E-state index < -0.39 is 0 Å². The van der Waals surface area contributed by atoms with Gasteiger partial charge in [0.1, 0.15) is 0 Å². The van der Waals surface area contributed by atoms with E-state index in [1.54, 1.807) is 29.0 Å². The molecule has 25 heavy (non-hydrogen) atoms. The van der Waals surface area contributed by atoms with E-state index in [0.717, 1.165) is 37.4 Å². The molecule has 0 saturated carbocycles. The van der Waals surface area contributed by atoms with Gasteiger partial charge in [-0.05, 0) is 48.4 Å². The molecular formula is C19H23N3OS2. The monoisotopic (exact) mass is 373 g/mol. The van der Waals surface area contributed by atoms with Gasteiger partial charge >= 0.3 is 0 Å². The van der Waals surface area contributed by atoms with Crippen LogP contribution in [0.3, 0.4) is 0 Å². The number of carbonyl (C=O) groups excluding carboxylic acids is 1. The molecule has 4 nitrogen and oxygen atoms in total. The molecule has 0 aromatic carbocycles. The summed E-state index contributed by atoms with van der Waals surface area (Å²) in [7, 11) is 0. The highest BCUT2D eigenvalue weighted by molar-refractivity contribution is 8.00. The second-order valence-electron chi connectivity index (χ2n) is 6.67. The summed E-state index contributed by atoms with van der Waals surface area (Å²) in [6.45, 7) is 4.06. The van der Waals surface area contributed by atoms with E-state index >= 15 is 0 Å². The van der Waals surface area contributed by atoms with E-state index in [1.165, 1.54) is 18.5 Å². The molecule has 6 heteroatoms. The number of hydrogen-bond acceptors (Lipinski definition) is 5. The van der Waals surface area contributed by atoms with Crippen LogP contribution in [0.1, 0.15) is 23.3 Å². The van der Waals surface area contributed by atoms with Crippen molar-refractivity contribution < 1.29 is 4.79 Å². The molecule has 2 aromatic heterocycles. The highest BCUT2D eigenvalue weighted by atomic mass is 32.2. The van der Waals surface area contributed by atoms with Crippen LogP contribution < -0.4 is 0 Å². The summed E-state index contributed by atoms with van der Waals surface area (Å²) in [6.07, 6.45) is 6.94. The number of carbonyl (C=O) groups is 1. The minimum atomic E-state index is 0.263. The third kappa shape index (κ3) is 4.07. The molecule has 0 aliphatic carbocycles. The summed E-state index contributed by atoms with van der Waals surface area (Å²) in [5.41, 5.74) is 1.52. The van der Waals surface area contributed by atoms with Crippen molar-refractivity contribution >= 4 is 29.0 Å². The summed E-state index contributed by atoms with van der Waals surface area (Å²) in [5, 5.41) is 2.22. The number of thiophene rings is 1. The molecule has 0 atom stereocenters. The molecule has 4 rings (SSSR count). The maximum Gasteiger partial charge on any atom is 0.232 e. The molecular weight excluding hydrogens is 350 g/mol. The molecule has 0 radical (unpaired) electrons. The van der Waals surface area contributed by atoms with Gasteiger partial charge in [0.2, 0.25) is 5.91 Å². The Hall–Kier alpha value is -1.37. The largest absolute Gasteiger partial charge is 0.342 e. The fourth-order valence-corrected chi connectivity index (χ4v) is 5.41. The van der Waals surface area contributed by atoms with Crippen molar-refractivity contribution in [3.8, 4) is 0 Å². The van der Waals surface area contributed by atoms with Gasteiger partial charge in [-0.25, -0.2) is 0 Å². The second-order valence-corrected chi connectivity index (χ2v) is 8.72. The van der Waals surface area contributed by atoms with Crippen LogP contribution in [0, 0.1) is 0 Å². The van der Waals surface area contributed by atoms with Crippen LogP contribution in [0.5, 0.6) is 0 Å². The molecule has 4 heterocycles. The Morgan fingerprint density at radius 2 is 2.00 bits per heavy atom. The molecule has 1 amide bonds. The molecule has 0 spiro atoms. The number of pyridine rings is 1. The number of thioether (sulfide) groups is 1. The lowest BCUT2D eigenvalue weighted by Gasteiger charge is -2.40. The molecule has 2 aromatic rings. The Kier molecular flexibility index (Phi) is 5.39. The van der Waals surface area contributed by atoms with E-state index in [-0.39, 0.29) is 5.91 Å². The Morgan fingerprint density at radius 1 is 1.20 bits per heavy atom. The highest BCUT2D eigenvalue weighted by Gasteiger charge is 2.29. The molecule has 0 unspecified atom stereocenters. The van der Waals surface area contributed by atoms with Gasteiger partial charge in [0, 0.05) is 54.4 Å². The molecule has 2 aliphatic rings. The van der Waals surface area contributed by atoms with Gasteiger partial charge in [0.05, 0.1) is 5.75 Å². The van der Waals surface area contributed by atoms with E-state index in [2.05, 4.69) is 21.3 Å². The van der Waals surface area contributed by atoms with Crippen LogP contribution in [-0.2, 0) is 17.8 Å². The Labute approximate surface area is 157 Å². The van der Waals surface area contributed by atoms with Gasteiger partial charge in [0.25, 0.3) is 0 Å². The minimum absolute atomic E-state index is 0.263. The number of nitrogens with zero attached hydrogens (tertiary/aromatic N) is 3. The fourth-order valence-electron chi connectivity index (χ4n) is 3.73. The average Bonchev–Trinajstić information content (AvgIpc) is 3.15. The lowest BCUT2D eigenvalue weighted by molar-refractivity contribution is -0.129. The van der Waals surface area contributed by atoms with Crippen molar-refractivity contribution in [1.82, 2.24) is 14.8 Å².